The van der Waals surface area contributed by atoms with Gasteiger partial charge in [-0.2, -0.15) is 0 Å². The highest BCUT2D eigenvalue weighted by Gasteiger charge is 2.22. The van der Waals surface area contributed by atoms with Crippen molar-refractivity contribution in [1.82, 2.24) is 4.57 Å². The van der Waals surface area contributed by atoms with Crippen molar-refractivity contribution >= 4 is 16.6 Å². The van der Waals surface area contributed by atoms with Crippen LogP contribution in [0.2, 0.25) is 0 Å². The zero-order chi connectivity index (χ0) is 22.1. The fourth-order valence-corrected chi connectivity index (χ4v) is 3.59. The summed E-state index contributed by atoms with van der Waals surface area (Å²) in [4.78, 5) is 24.0. The molecule has 7 nitrogen and oxygen atoms in total. The van der Waals surface area contributed by atoms with Crippen molar-refractivity contribution in [1.29, 1.82) is 0 Å². The topological polar surface area (TPSA) is 83.6 Å². The van der Waals surface area contributed by atoms with Crippen molar-refractivity contribution in [3.05, 3.63) is 38.7 Å². The number of nitrogens with zero attached hydrogens (tertiary/aromatic N) is 2. The number of ether oxygens (including phenoxy) is 2. The Labute approximate surface area is 178 Å². The minimum atomic E-state index is -0.452. The smallest absolute Gasteiger partial charge is 0.297 e. The molecular formula is C23H34N2O5. The van der Waals surface area contributed by atoms with E-state index in [-0.39, 0.29) is 17.0 Å². The second kappa shape index (κ2) is 11.6. The number of rotatable bonds is 13. The average molecular weight is 419 g/mol. The van der Waals surface area contributed by atoms with Crippen LogP contribution >= 0.6 is 0 Å². The number of nitro groups is 1. The Balaban J connectivity index is 2.52. The van der Waals surface area contributed by atoms with Crippen molar-refractivity contribution in [3.63, 3.8) is 0 Å². The molecule has 2 rings (SSSR count). The highest BCUT2D eigenvalue weighted by Crippen LogP contribution is 2.35. The van der Waals surface area contributed by atoms with Crippen LogP contribution < -0.4 is 15.0 Å². The molecular weight excluding hydrogens is 384 g/mol. The van der Waals surface area contributed by atoms with Crippen molar-refractivity contribution in [2.24, 2.45) is 5.92 Å². The molecule has 0 aliphatic carbocycles. The molecule has 30 heavy (non-hydrogen) atoms. The molecule has 0 amide bonds. The van der Waals surface area contributed by atoms with Crippen LogP contribution in [0.5, 0.6) is 11.5 Å². The van der Waals surface area contributed by atoms with Crippen molar-refractivity contribution in [2.75, 3.05) is 13.2 Å². The van der Waals surface area contributed by atoms with Crippen LogP contribution in [0.25, 0.3) is 10.9 Å². The Morgan fingerprint density at radius 1 is 1.07 bits per heavy atom. The molecule has 7 heteroatoms. The average Bonchev–Trinajstić information content (AvgIpc) is 2.72. The Hall–Kier alpha value is -2.57. The van der Waals surface area contributed by atoms with E-state index in [4.69, 9.17) is 9.47 Å². The molecule has 0 aliphatic rings. The van der Waals surface area contributed by atoms with E-state index < -0.39 is 4.92 Å². The van der Waals surface area contributed by atoms with Crippen LogP contribution in [-0.4, -0.2) is 22.7 Å². The van der Waals surface area contributed by atoms with Crippen molar-refractivity contribution in [3.8, 4) is 11.5 Å². The normalized spacial score (nSPS) is 12.1. The molecule has 0 radical (unpaired) electrons. The second-order valence-corrected chi connectivity index (χ2v) is 7.78. The van der Waals surface area contributed by atoms with Crippen LogP contribution in [-0.2, 0) is 6.54 Å². The summed E-state index contributed by atoms with van der Waals surface area (Å²) in [6.45, 7) is 9.49. The van der Waals surface area contributed by atoms with Gasteiger partial charge in [-0.15, -0.1) is 0 Å². The molecule has 0 aliphatic heterocycles. The largest absolute Gasteiger partial charge is 0.489 e. The standard InChI is InChI=1S/C23H34N2O5/c1-5-8-9-10-14-29-21-19-13-12-18(25(27)28)15-20(19)24(7-3)23(26)22(21)30-16-17(4)11-6-2/h12-13,15,17H,5-11,14,16H2,1-4H3. The van der Waals surface area contributed by atoms with Gasteiger partial charge in [0.2, 0.25) is 5.75 Å². The number of aryl methyl sites for hydroxylation is 1. The van der Waals surface area contributed by atoms with Gasteiger partial charge in [0.1, 0.15) is 0 Å². The zero-order valence-electron chi connectivity index (χ0n) is 18.6. The molecule has 166 valence electrons. The SMILES string of the molecule is CCCCCCOc1c(OCC(C)CCC)c(=O)n(CC)c2cc([N+](=O)[O-])ccc12. The number of nitro benzene ring substituents is 1. The lowest BCUT2D eigenvalue weighted by Gasteiger charge is -2.19. The first-order valence-corrected chi connectivity index (χ1v) is 11.0. The predicted octanol–water partition coefficient (Wildman–Crippen LogP) is 5.70. The summed E-state index contributed by atoms with van der Waals surface area (Å²) in [6, 6.07) is 4.54. The van der Waals surface area contributed by atoms with Crippen LogP contribution in [0, 0.1) is 16.0 Å². The number of non-ortho nitro benzene ring substituents is 1. The molecule has 0 saturated heterocycles. The second-order valence-electron chi connectivity index (χ2n) is 7.78. The summed E-state index contributed by atoms with van der Waals surface area (Å²) in [5.74, 6) is 0.917. The Morgan fingerprint density at radius 3 is 2.47 bits per heavy atom. The maximum absolute atomic E-state index is 13.2. The lowest BCUT2D eigenvalue weighted by molar-refractivity contribution is -0.384. The third-order valence-corrected chi connectivity index (χ3v) is 5.23. The van der Waals surface area contributed by atoms with Gasteiger partial charge in [-0.3, -0.25) is 14.9 Å². The fourth-order valence-electron chi connectivity index (χ4n) is 3.59. The Kier molecular flexibility index (Phi) is 9.15. The molecule has 0 N–H and O–H groups in total. The van der Waals surface area contributed by atoms with Gasteiger partial charge in [0, 0.05) is 24.1 Å². The molecule has 0 spiro atoms. The molecule has 2 aromatic rings. The van der Waals surface area contributed by atoms with Gasteiger partial charge in [-0.05, 0) is 31.7 Å². The number of fused-ring (bicyclic) bond motifs is 1. The lowest BCUT2D eigenvalue weighted by atomic mass is 10.1. The first-order chi connectivity index (χ1) is 14.4. The zero-order valence-corrected chi connectivity index (χ0v) is 18.6. The molecule has 1 aromatic heterocycles. The van der Waals surface area contributed by atoms with E-state index in [1.165, 1.54) is 16.7 Å². The monoisotopic (exact) mass is 418 g/mol. The summed E-state index contributed by atoms with van der Waals surface area (Å²) >= 11 is 0. The van der Waals surface area contributed by atoms with Gasteiger partial charge < -0.3 is 14.0 Å². The summed E-state index contributed by atoms with van der Waals surface area (Å²) < 4.78 is 13.6. The van der Waals surface area contributed by atoms with Crippen LogP contribution in [0.1, 0.15) is 66.2 Å². The van der Waals surface area contributed by atoms with Crippen molar-refractivity contribution in [2.45, 2.75) is 72.8 Å². The number of pyridine rings is 1. The summed E-state index contributed by atoms with van der Waals surface area (Å²) in [5.41, 5.74) is 0.134. The maximum Gasteiger partial charge on any atom is 0.297 e. The van der Waals surface area contributed by atoms with E-state index in [2.05, 4.69) is 20.8 Å². The van der Waals surface area contributed by atoms with E-state index in [0.717, 1.165) is 38.5 Å². The highest BCUT2D eigenvalue weighted by molar-refractivity contribution is 5.89. The lowest BCUT2D eigenvalue weighted by Crippen LogP contribution is -2.24. The molecule has 1 atom stereocenters. The van der Waals surface area contributed by atoms with Gasteiger partial charge in [0.15, 0.2) is 5.75 Å². The highest BCUT2D eigenvalue weighted by atomic mass is 16.6. The van der Waals surface area contributed by atoms with Gasteiger partial charge in [-0.1, -0.05) is 46.5 Å². The van der Waals surface area contributed by atoms with Crippen LogP contribution in [0.3, 0.4) is 0 Å². The molecule has 1 aromatic carbocycles. The first kappa shape index (κ1) is 23.7. The van der Waals surface area contributed by atoms with Gasteiger partial charge in [0.05, 0.1) is 23.7 Å². The molecule has 1 unspecified atom stereocenters. The Bertz CT molecular complexity index is 907. The minimum Gasteiger partial charge on any atom is -0.489 e. The van der Waals surface area contributed by atoms with Crippen LogP contribution in [0.4, 0.5) is 5.69 Å². The predicted molar refractivity (Wildman–Crippen MR) is 120 cm³/mol. The molecule has 1 heterocycles. The maximum atomic E-state index is 13.2. The van der Waals surface area contributed by atoms with Crippen LogP contribution in [0.15, 0.2) is 23.0 Å². The number of unbranched alkanes of at least 4 members (excludes halogenated alkanes) is 3. The van der Waals surface area contributed by atoms with E-state index >= 15 is 0 Å². The molecule has 0 bridgehead atoms. The van der Waals surface area contributed by atoms with Gasteiger partial charge >= 0.3 is 0 Å². The first-order valence-electron chi connectivity index (χ1n) is 11.0. The van der Waals surface area contributed by atoms with Crippen molar-refractivity contribution < 1.29 is 14.4 Å². The molecule has 0 saturated carbocycles. The summed E-state index contributed by atoms with van der Waals surface area (Å²) in [6.07, 6.45) is 6.25. The minimum absolute atomic E-state index is 0.0526. The summed E-state index contributed by atoms with van der Waals surface area (Å²) in [5, 5.41) is 11.9. The Morgan fingerprint density at radius 2 is 1.83 bits per heavy atom. The summed E-state index contributed by atoms with van der Waals surface area (Å²) in [7, 11) is 0. The number of aromatic nitrogens is 1. The quantitative estimate of drug-likeness (QED) is 0.236. The third-order valence-electron chi connectivity index (χ3n) is 5.23. The van der Waals surface area contributed by atoms with E-state index in [0.29, 0.717) is 42.3 Å². The van der Waals surface area contributed by atoms with Gasteiger partial charge in [-0.25, -0.2) is 0 Å². The van der Waals surface area contributed by atoms with E-state index in [1.54, 1.807) is 6.07 Å². The van der Waals surface area contributed by atoms with E-state index in [1.807, 2.05) is 6.92 Å². The number of benzene rings is 1. The van der Waals surface area contributed by atoms with Gasteiger partial charge in [0.25, 0.3) is 11.2 Å². The van der Waals surface area contributed by atoms with E-state index in [9.17, 15) is 14.9 Å². The number of hydrogen-bond donors (Lipinski definition) is 0. The third kappa shape index (κ3) is 5.74. The number of hydrogen-bond acceptors (Lipinski definition) is 5. The fraction of sp³-hybridized carbons (Fsp3) is 0.609. The molecule has 0 fully saturated rings.